The summed E-state index contributed by atoms with van der Waals surface area (Å²) in [5.74, 6) is -1.37. The van der Waals surface area contributed by atoms with E-state index in [1.807, 2.05) is 4.90 Å². The molecule has 1 aromatic carbocycles. The average Bonchev–Trinajstić information content (AvgIpc) is 2.59. The molecule has 1 atom stereocenters. The topological polar surface area (TPSA) is 58.1 Å². The first-order valence-electron chi connectivity index (χ1n) is 7.85. The highest BCUT2D eigenvalue weighted by Gasteiger charge is 2.23. The smallest absolute Gasteiger partial charge is 0.271 e. The number of aromatic nitrogens is 2. The highest BCUT2D eigenvalue weighted by molar-refractivity contribution is 5.92. The molecule has 0 unspecified atom stereocenters. The number of nitrogens with zero attached hydrogens (tertiary/aromatic N) is 3. The van der Waals surface area contributed by atoms with E-state index in [0.29, 0.717) is 6.54 Å². The molecule has 1 N–H and O–H groups in total. The maximum Gasteiger partial charge on any atom is 0.271 e. The van der Waals surface area contributed by atoms with Crippen molar-refractivity contribution < 1.29 is 13.6 Å². The summed E-state index contributed by atoms with van der Waals surface area (Å²) < 4.78 is 27.6. The van der Waals surface area contributed by atoms with Crippen LogP contribution in [0.25, 0.3) is 0 Å². The number of benzene rings is 1. The van der Waals surface area contributed by atoms with E-state index in [4.69, 9.17) is 0 Å². The maximum absolute atomic E-state index is 13.8. The summed E-state index contributed by atoms with van der Waals surface area (Å²) in [5, 5.41) is 2.91. The van der Waals surface area contributed by atoms with Crippen LogP contribution in [0.1, 0.15) is 28.9 Å². The monoisotopic (exact) mass is 332 g/mol. The van der Waals surface area contributed by atoms with Gasteiger partial charge >= 0.3 is 0 Å². The summed E-state index contributed by atoms with van der Waals surface area (Å²) >= 11 is 0. The number of hydrogen-bond acceptors (Lipinski definition) is 4. The van der Waals surface area contributed by atoms with Crippen LogP contribution >= 0.6 is 0 Å². The fraction of sp³-hybridized carbons (Fsp3) is 0.353. The second-order valence-electron chi connectivity index (χ2n) is 5.84. The van der Waals surface area contributed by atoms with E-state index >= 15 is 0 Å². The lowest BCUT2D eigenvalue weighted by molar-refractivity contribution is 0.0894. The van der Waals surface area contributed by atoms with Crippen LogP contribution < -0.4 is 5.32 Å². The van der Waals surface area contributed by atoms with Crippen molar-refractivity contribution in [3.63, 3.8) is 0 Å². The Morgan fingerprint density at radius 1 is 1.29 bits per heavy atom. The highest BCUT2D eigenvalue weighted by Crippen LogP contribution is 2.18. The van der Waals surface area contributed by atoms with Crippen molar-refractivity contribution in [3.8, 4) is 0 Å². The SMILES string of the molecule is O=C(N[C@H]1CCCN(Cc2c(F)cccc2F)C1)c1cnccn1. The van der Waals surface area contributed by atoms with E-state index in [2.05, 4.69) is 15.3 Å². The van der Waals surface area contributed by atoms with Gasteiger partial charge in [-0.3, -0.25) is 14.7 Å². The van der Waals surface area contributed by atoms with Gasteiger partial charge in [0.15, 0.2) is 0 Å². The molecule has 0 saturated carbocycles. The summed E-state index contributed by atoms with van der Waals surface area (Å²) in [4.78, 5) is 21.9. The van der Waals surface area contributed by atoms with Gasteiger partial charge in [-0.2, -0.15) is 0 Å². The third-order valence-electron chi connectivity index (χ3n) is 4.08. The van der Waals surface area contributed by atoms with Crippen LogP contribution in [0.4, 0.5) is 8.78 Å². The number of piperidine rings is 1. The average molecular weight is 332 g/mol. The molecule has 7 heteroatoms. The Morgan fingerprint density at radius 3 is 2.79 bits per heavy atom. The van der Waals surface area contributed by atoms with E-state index in [-0.39, 0.29) is 29.8 Å². The number of rotatable bonds is 4. The number of nitrogens with one attached hydrogen (secondary N) is 1. The lowest BCUT2D eigenvalue weighted by Gasteiger charge is -2.33. The Morgan fingerprint density at radius 2 is 2.08 bits per heavy atom. The van der Waals surface area contributed by atoms with Gasteiger partial charge in [0, 0.05) is 37.1 Å². The molecule has 0 bridgehead atoms. The minimum Gasteiger partial charge on any atom is -0.347 e. The van der Waals surface area contributed by atoms with Crippen molar-refractivity contribution in [2.45, 2.75) is 25.4 Å². The molecule has 1 amide bonds. The molecule has 126 valence electrons. The lowest BCUT2D eigenvalue weighted by atomic mass is 10.0. The molecule has 1 aromatic heterocycles. The van der Waals surface area contributed by atoms with E-state index in [1.54, 1.807) is 0 Å². The van der Waals surface area contributed by atoms with Crippen molar-refractivity contribution in [1.29, 1.82) is 0 Å². The van der Waals surface area contributed by atoms with Crippen LogP contribution in [-0.2, 0) is 6.54 Å². The summed E-state index contributed by atoms with van der Waals surface area (Å²) in [5.41, 5.74) is 0.327. The van der Waals surface area contributed by atoms with Gasteiger partial charge in [0.1, 0.15) is 17.3 Å². The normalized spacial score (nSPS) is 18.3. The van der Waals surface area contributed by atoms with E-state index in [0.717, 1.165) is 19.4 Å². The maximum atomic E-state index is 13.8. The van der Waals surface area contributed by atoms with Gasteiger partial charge in [0.05, 0.1) is 6.20 Å². The van der Waals surface area contributed by atoms with E-state index in [9.17, 15) is 13.6 Å². The zero-order valence-electron chi connectivity index (χ0n) is 13.1. The van der Waals surface area contributed by atoms with Crippen molar-refractivity contribution in [2.75, 3.05) is 13.1 Å². The Balaban J connectivity index is 1.61. The Bertz CT molecular complexity index is 691. The van der Waals surface area contributed by atoms with Crippen molar-refractivity contribution >= 4 is 5.91 Å². The zero-order valence-corrected chi connectivity index (χ0v) is 13.1. The molecule has 2 aromatic rings. The van der Waals surface area contributed by atoms with Gasteiger partial charge in [-0.1, -0.05) is 6.07 Å². The highest BCUT2D eigenvalue weighted by atomic mass is 19.1. The molecule has 1 fully saturated rings. The molecule has 3 rings (SSSR count). The predicted molar refractivity (Wildman–Crippen MR) is 84.2 cm³/mol. The minimum absolute atomic E-state index is 0.0680. The fourth-order valence-corrected chi connectivity index (χ4v) is 2.90. The van der Waals surface area contributed by atoms with Gasteiger partial charge in [0.2, 0.25) is 0 Å². The molecular formula is C17H18F2N4O. The summed E-state index contributed by atoms with van der Waals surface area (Å²) in [6.07, 6.45) is 6.04. The second-order valence-corrected chi connectivity index (χ2v) is 5.84. The van der Waals surface area contributed by atoms with Gasteiger partial charge < -0.3 is 5.32 Å². The number of amides is 1. The van der Waals surface area contributed by atoms with Gasteiger partial charge in [-0.05, 0) is 31.5 Å². The summed E-state index contributed by atoms with van der Waals surface area (Å²) in [6, 6.07) is 3.79. The number of likely N-dealkylation sites (tertiary alicyclic amines) is 1. The Hall–Kier alpha value is -2.41. The standard InChI is InChI=1S/C17H18F2N4O/c18-14-4-1-5-15(19)13(14)11-23-8-2-3-12(10-23)22-17(24)16-9-20-6-7-21-16/h1,4-7,9,12H,2-3,8,10-11H2,(H,22,24)/t12-/m0/s1. The molecule has 0 radical (unpaired) electrons. The van der Waals surface area contributed by atoms with Crippen LogP contribution in [-0.4, -0.2) is 39.9 Å². The Labute approximate surface area is 138 Å². The number of carbonyl (C=O) groups is 1. The molecule has 5 nitrogen and oxygen atoms in total. The third kappa shape index (κ3) is 3.91. The first-order valence-corrected chi connectivity index (χ1v) is 7.85. The first kappa shape index (κ1) is 16.4. The quantitative estimate of drug-likeness (QED) is 0.932. The summed E-state index contributed by atoms with van der Waals surface area (Å²) in [7, 11) is 0. The van der Waals surface area contributed by atoms with Gasteiger partial charge in [-0.15, -0.1) is 0 Å². The number of halogens is 2. The van der Waals surface area contributed by atoms with Crippen molar-refractivity contribution in [3.05, 3.63) is 59.7 Å². The van der Waals surface area contributed by atoms with Crippen molar-refractivity contribution in [2.24, 2.45) is 0 Å². The van der Waals surface area contributed by atoms with Crippen LogP contribution in [0.2, 0.25) is 0 Å². The minimum atomic E-state index is -0.541. The number of hydrogen-bond donors (Lipinski definition) is 1. The molecule has 0 spiro atoms. The fourth-order valence-electron chi connectivity index (χ4n) is 2.90. The second kappa shape index (κ2) is 7.44. The summed E-state index contributed by atoms with van der Waals surface area (Å²) in [6.45, 7) is 1.47. The molecule has 24 heavy (non-hydrogen) atoms. The first-order chi connectivity index (χ1) is 11.6. The molecule has 1 aliphatic heterocycles. The molecule has 1 saturated heterocycles. The Kier molecular flexibility index (Phi) is 5.10. The van der Waals surface area contributed by atoms with Crippen LogP contribution in [0, 0.1) is 11.6 Å². The predicted octanol–water partition coefficient (Wildman–Crippen LogP) is 2.15. The van der Waals surface area contributed by atoms with E-state index < -0.39 is 11.6 Å². The largest absolute Gasteiger partial charge is 0.347 e. The van der Waals surface area contributed by atoms with Gasteiger partial charge in [0.25, 0.3) is 5.91 Å². The molecule has 0 aliphatic carbocycles. The zero-order chi connectivity index (χ0) is 16.9. The van der Waals surface area contributed by atoms with Crippen LogP contribution in [0.5, 0.6) is 0 Å². The third-order valence-corrected chi connectivity index (χ3v) is 4.08. The van der Waals surface area contributed by atoms with E-state index in [1.165, 1.54) is 36.8 Å². The molecular weight excluding hydrogens is 314 g/mol. The van der Waals surface area contributed by atoms with Crippen LogP contribution in [0.15, 0.2) is 36.8 Å². The number of carbonyl (C=O) groups excluding carboxylic acids is 1. The van der Waals surface area contributed by atoms with Crippen molar-refractivity contribution in [1.82, 2.24) is 20.2 Å². The van der Waals surface area contributed by atoms with Crippen LogP contribution in [0.3, 0.4) is 0 Å². The van der Waals surface area contributed by atoms with Gasteiger partial charge in [-0.25, -0.2) is 13.8 Å². The lowest BCUT2D eigenvalue weighted by Crippen LogP contribution is -2.47. The molecule has 2 heterocycles. The molecule has 1 aliphatic rings.